The minimum atomic E-state index is -1.01. The first-order valence-corrected chi connectivity index (χ1v) is 10.2. The van der Waals surface area contributed by atoms with Gasteiger partial charge in [-0.05, 0) is 62.7 Å². The Hall–Kier alpha value is -3.68. The first kappa shape index (κ1) is 20.6. The van der Waals surface area contributed by atoms with E-state index < -0.39 is 18.0 Å². The number of carbonyl (C=O) groups is 2. The normalized spacial score (nSPS) is 13.5. The van der Waals surface area contributed by atoms with Crippen molar-refractivity contribution in [3.63, 3.8) is 0 Å². The Balaban J connectivity index is 1.44. The van der Waals surface area contributed by atoms with Crippen LogP contribution in [-0.4, -0.2) is 34.1 Å². The molecular formula is C23H23N3O5. The van der Waals surface area contributed by atoms with Crippen LogP contribution in [0.3, 0.4) is 0 Å². The Morgan fingerprint density at radius 2 is 1.97 bits per heavy atom. The average molecular weight is 421 g/mol. The van der Waals surface area contributed by atoms with Crippen LogP contribution in [0.1, 0.15) is 36.5 Å². The van der Waals surface area contributed by atoms with Gasteiger partial charge < -0.3 is 14.8 Å². The number of aryl methyl sites for hydroxylation is 1. The third kappa shape index (κ3) is 4.28. The summed E-state index contributed by atoms with van der Waals surface area (Å²) in [6.45, 7) is 4.62. The predicted octanol–water partition coefficient (Wildman–Crippen LogP) is 2.93. The highest BCUT2D eigenvalue weighted by atomic mass is 16.5. The maximum atomic E-state index is 12.6. The van der Waals surface area contributed by atoms with E-state index in [1.807, 2.05) is 6.92 Å². The summed E-state index contributed by atoms with van der Waals surface area (Å²) in [6.07, 6.45) is 0.616. The number of hydrogen-bond donors (Lipinski definition) is 1. The van der Waals surface area contributed by atoms with Gasteiger partial charge in [0.05, 0.1) is 23.1 Å². The Labute approximate surface area is 178 Å². The summed E-state index contributed by atoms with van der Waals surface area (Å²) in [6, 6.07) is 11.6. The molecule has 0 saturated heterocycles. The zero-order chi connectivity index (χ0) is 22.0. The first-order valence-electron chi connectivity index (χ1n) is 10.2. The molecule has 1 atom stereocenters. The number of carbonyl (C=O) groups excluding carboxylic acids is 2. The van der Waals surface area contributed by atoms with Crippen LogP contribution in [-0.2, 0) is 22.5 Å². The fourth-order valence-corrected chi connectivity index (χ4v) is 3.54. The van der Waals surface area contributed by atoms with Gasteiger partial charge >= 0.3 is 5.97 Å². The lowest BCUT2D eigenvalue weighted by Crippen LogP contribution is -2.30. The number of ether oxygens (including phenoxy) is 2. The highest BCUT2D eigenvalue weighted by molar-refractivity contribution is 5.98. The molecule has 8 nitrogen and oxygen atoms in total. The van der Waals surface area contributed by atoms with Crippen molar-refractivity contribution in [3.8, 4) is 5.75 Å². The van der Waals surface area contributed by atoms with E-state index in [1.54, 1.807) is 34.9 Å². The summed E-state index contributed by atoms with van der Waals surface area (Å²) >= 11 is 0. The van der Waals surface area contributed by atoms with Gasteiger partial charge in [-0.15, -0.1) is 0 Å². The molecule has 2 aromatic carbocycles. The molecule has 0 fully saturated rings. The molecule has 1 aliphatic heterocycles. The number of fused-ring (bicyclic) bond motifs is 2. The number of hydrogen-bond acceptors (Lipinski definition) is 6. The van der Waals surface area contributed by atoms with Gasteiger partial charge in [-0.25, -0.2) is 9.78 Å². The lowest BCUT2D eigenvalue weighted by atomic mass is 10.1. The van der Waals surface area contributed by atoms with Crippen LogP contribution < -0.4 is 15.6 Å². The standard InChI is InChI=1S/C23H23N3O5/c1-3-30-17-9-7-16(8-10-17)24-21(27)14(2)31-23(29)15-6-11-18-19(13-15)25-20-5-4-12-26(20)22(18)28/h6-11,13-14H,3-5,12H2,1-2H3,(H,24,27)/t14-/m1/s1. The second kappa shape index (κ2) is 8.59. The molecule has 1 amide bonds. The summed E-state index contributed by atoms with van der Waals surface area (Å²) in [7, 11) is 0. The Morgan fingerprint density at radius 1 is 1.19 bits per heavy atom. The number of esters is 1. The van der Waals surface area contributed by atoms with Gasteiger partial charge in [0.2, 0.25) is 0 Å². The molecule has 3 aromatic rings. The number of rotatable bonds is 6. The highest BCUT2D eigenvalue weighted by Crippen LogP contribution is 2.18. The van der Waals surface area contributed by atoms with Crippen LogP contribution in [0.5, 0.6) is 5.75 Å². The second-order valence-electron chi connectivity index (χ2n) is 7.31. The lowest BCUT2D eigenvalue weighted by Gasteiger charge is -2.14. The molecule has 1 aliphatic rings. The second-order valence-corrected chi connectivity index (χ2v) is 7.31. The van der Waals surface area contributed by atoms with Crippen molar-refractivity contribution in [1.82, 2.24) is 9.55 Å². The van der Waals surface area contributed by atoms with Gasteiger partial charge in [-0.1, -0.05) is 0 Å². The molecule has 1 N–H and O–H groups in total. The lowest BCUT2D eigenvalue weighted by molar-refractivity contribution is -0.123. The van der Waals surface area contributed by atoms with Crippen molar-refractivity contribution in [2.24, 2.45) is 0 Å². The Bertz CT molecular complexity index is 1200. The molecule has 31 heavy (non-hydrogen) atoms. The SMILES string of the molecule is CCOc1ccc(NC(=O)[C@@H](C)OC(=O)c2ccc3c(=O)n4c(nc3c2)CCC4)cc1. The minimum Gasteiger partial charge on any atom is -0.494 e. The molecule has 4 rings (SSSR count). The third-order valence-corrected chi connectivity index (χ3v) is 5.14. The van der Waals surface area contributed by atoms with E-state index in [-0.39, 0.29) is 11.1 Å². The van der Waals surface area contributed by atoms with Gasteiger partial charge in [0.25, 0.3) is 11.5 Å². The number of anilines is 1. The van der Waals surface area contributed by atoms with Crippen LogP contribution in [0.4, 0.5) is 5.69 Å². The van der Waals surface area contributed by atoms with E-state index in [0.29, 0.717) is 35.5 Å². The fourth-order valence-electron chi connectivity index (χ4n) is 3.54. The van der Waals surface area contributed by atoms with Crippen molar-refractivity contribution < 1.29 is 19.1 Å². The quantitative estimate of drug-likeness (QED) is 0.615. The number of nitrogens with zero attached hydrogens (tertiary/aromatic N) is 2. The molecule has 0 spiro atoms. The summed E-state index contributed by atoms with van der Waals surface area (Å²) in [5, 5.41) is 3.17. The molecule has 160 valence electrons. The largest absolute Gasteiger partial charge is 0.494 e. The molecular weight excluding hydrogens is 398 g/mol. The smallest absolute Gasteiger partial charge is 0.338 e. The van der Waals surface area contributed by atoms with E-state index >= 15 is 0 Å². The molecule has 0 bridgehead atoms. The zero-order valence-electron chi connectivity index (χ0n) is 17.4. The van der Waals surface area contributed by atoms with Gasteiger partial charge in [-0.2, -0.15) is 0 Å². The van der Waals surface area contributed by atoms with Crippen molar-refractivity contribution in [3.05, 3.63) is 64.2 Å². The molecule has 0 saturated carbocycles. The monoisotopic (exact) mass is 421 g/mol. The molecule has 0 unspecified atom stereocenters. The number of nitrogens with one attached hydrogen (secondary N) is 1. The minimum absolute atomic E-state index is 0.0967. The molecule has 0 radical (unpaired) electrons. The topological polar surface area (TPSA) is 99.5 Å². The number of aromatic nitrogens is 2. The number of amides is 1. The maximum absolute atomic E-state index is 12.6. The van der Waals surface area contributed by atoms with E-state index in [2.05, 4.69) is 10.3 Å². The zero-order valence-corrected chi connectivity index (χ0v) is 17.4. The fraction of sp³-hybridized carbons (Fsp3) is 0.304. The summed E-state index contributed by atoms with van der Waals surface area (Å²) in [4.78, 5) is 42.0. The Kier molecular flexibility index (Phi) is 5.70. The van der Waals surface area contributed by atoms with Crippen LogP contribution in [0, 0.1) is 0 Å². The Morgan fingerprint density at radius 3 is 2.71 bits per heavy atom. The summed E-state index contributed by atoms with van der Waals surface area (Å²) < 4.78 is 12.4. The van der Waals surface area contributed by atoms with Crippen LogP contribution in [0.15, 0.2) is 47.3 Å². The third-order valence-electron chi connectivity index (χ3n) is 5.14. The van der Waals surface area contributed by atoms with Crippen molar-refractivity contribution in [2.45, 2.75) is 39.3 Å². The van der Waals surface area contributed by atoms with Crippen molar-refractivity contribution >= 4 is 28.5 Å². The maximum Gasteiger partial charge on any atom is 0.338 e. The summed E-state index contributed by atoms with van der Waals surface area (Å²) in [5.74, 6) is 0.326. The predicted molar refractivity (Wildman–Crippen MR) is 115 cm³/mol. The van der Waals surface area contributed by atoms with E-state index in [9.17, 15) is 14.4 Å². The molecule has 2 heterocycles. The number of benzene rings is 2. The van der Waals surface area contributed by atoms with E-state index in [0.717, 1.165) is 18.7 Å². The van der Waals surface area contributed by atoms with Gasteiger partial charge in [0, 0.05) is 18.7 Å². The molecule has 8 heteroatoms. The van der Waals surface area contributed by atoms with Crippen LogP contribution in [0.2, 0.25) is 0 Å². The van der Waals surface area contributed by atoms with Gasteiger partial charge in [-0.3, -0.25) is 14.2 Å². The van der Waals surface area contributed by atoms with E-state index in [1.165, 1.54) is 19.1 Å². The first-order chi connectivity index (χ1) is 15.0. The average Bonchev–Trinajstić information content (AvgIpc) is 3.24. The summed E-state index contributed by atoms with van der Waals surface area (Å²) in [5.41, 5.74) is 1.17. The van der Waals surface area contributed by atoms with Gasteiger partial charge in [0.1, 0.15) is 11.6 Å². The van der Waals surface area contributed by atoms with Crippen LogP contribution >= 0.6 is 0 Å². The van der Waals surface area contributed by atoms with Gasteiger partial charge in [0.15, 0.2) is 6.10 Å². The van der Waals surface area contributed by atoms with Crippen molar-refractivity contribution in [2.75, 3.05) is 11.9 Å². The van der Waals surface area contributed by atoms with Crippen molar-refractivity contribution in [1.29, 1.82) is 0 Å². The molecule has 0 aliphatic carbocycles. The molecule has 1 aromatic heterocycles. The highest BCUT2D eigenvalue weighted by Gasteiger charge is 2.21. The van der Waals surface area contributed by atoms with E-state index in [4.69, 9.17) is 9.47 Å². The van der Waals surface area contributed by atoms with Crippen LogP contribution in [0.25, 0.3) is 10.9 Å².